The van der Waals surface area contributed by atoms with Crippen LogP contribution in [0.4, 0.5) is 0 Å². The second-order valence-corrected chi connectivity index (χ2v) is 5.61. The lowest BCUT2D eigenvalue weighted by Crippen LogP contribution is -2.42. The number of hydrogen-bond donors (Lipinski definition) is 3. The third kappa shape index (κ3) is 3.15. The lowest BCUT2D eigenvalue weighted by molar-refractivity contribution is 0.0884. The molecule has 1 aliphatic heterocycles. The van der Waals surface area contributed by atoms with Gasteiger partial charge in [-0.1, -0.05) is 0 Å². The third-order valence-electron chi connectivity index (χ3n) is 3.97. The lowest BCUT2D eigenvalue weighted by atomic mass is 10.1. The number of carbonyl (C=O) groups excluding carboxylic acids is 1. The number of H-pyrrole nitrogens is 1. The van der Waals surface area contributed by atoms with Crippen LogP contribution in [0.15, 0.2) is 31.0 Å². The number of aliphatic hydroxyl groups is 1. The molecule has 116 valence electrons. The Hall–Kier alpha value is -2.25. The SMILES string of the molecule is Cc1ccncc1CN1C[C@@H](O)[C@H](NC(=O)c2cnc[nH]2)C1. The first-order chi connectivity index (χ1) is 10.6. The minimum Gasteiger partial charge on any atom is -0.390 e. The number of aromatic nitrogens is 3. The standard InChI is InChI=1S/C15H19N5O2/c1-10-2-3-16-4-11(10)6-20-7-13(14(21)8-20)19-15(22)12-5-17-9-18-12/h2-5,9,13-14,21H,6-8H2,1H3,(H,17,18)(H,19,22)/t13-,14-/m1/s1. The van der Waals surface area contributed by atoms with Gasteiger partial charge in [-0.2, -0.15) is 0 Å². The number of imidazole rings is 1. The Labute approximate surface area is 128 Å². The molecule has 3 rings (SSSR count). The topological polar surface area (TPSA) is 94.1 Å². The molecular weight excluding hydrogens is 282 g/mol. The van der Waals surface area contributed by atoms with Crippen LogP contribution < -0.4 is 5.32 Å². The van der Waals surface area contributed by atoms with Crippen molar-refractivity contribution in [2.75, 3.05) is 13.1 Å². The van der Waals surface area contributed by atoms with Gasteiger partial charge in [0.05, 0.1) is 24.7 Å². The first-order valence-corrected chi connectivity index (χ1v) is 7.22. The number of likely N-dealkylation sites (tertiary alicyclic amines) is 1. The summed E-state index contributed by atoms with van der Waals surface area (Å²) in [6.07, 6.45) is 5.96. The minimum absolute atomic E-state index is 0.249. The lowest BCUT2D eigenvalue weighted by Gasteiger charge is -2.17. The molecule has 0 aliphatic carbocycles. The predicted molar refractivity (Wildman–Crippen MR) is 80.1 cm³/mol. The maximum Gasteiger partial charge on any atom is 0.269 e. The summed E-state index contributed by atoms with van der Waals surface area (Å²) >= 11 is 0. The van der Waals surface area contributed by atoms with E-state index in [2.05, 4.69) is 25.2 Å². The molecule has 7 heteroatoms. The minimum atomic E-state index is -0.580. The fourth-order valence-corrected chi connectivity index (χ4v) is 2.67. The molecule has 3 N–H and O–H groups in total. The normalized spacial score (nSPS) is 21.9. The van der Waals surface area contributed by atoms with Crippen LogP contribution in [0.5, 0.6) is 0 Å². The summed E-state index contributed by atoms with van der Waals surface area (Å²) in [7, 11) is 0. The zero-order valence-electron chi connectivity index (χ0n) is 12.4. The first-order valence-electron chi connectivity index (χ1n) is 7.22. The molecular formula is C15H19N5O2. The number of pyridine rings is 1. The van der Waals surface area contributed by atoms with Crippen molar-refractivity contribution in [1.29, 1.82) is 0 Å². The number of aliphatic hydroxyl groups excluding tert-OH is 1. The average molecular weight is 301 g/mol. The zero-order chi connectivity index (χ0) is 15.5. The Morgan fingerprint density at radius 3 is 3.05 bits per heavy atom. The molecule has 1 fully saturated rings. The number of carbonyl (C=O) groups is 1. The van der Waals surface area contributed by atoms with E-state index in [1.54, 1.807) is 6.20 Å². The van der Waals surface area contributed by atoms with E-state index in [4.69, 9.17) is 0 Å². The van der Waals surface area contributed by atoms with Gasteiger partial charge in [-0.15, -0.1) is 0 Å². The first kappa shape index (κ1) is 14.7. The van der Waals surface area contributed by atoms with E-state index >= 15 is 0 Å². The van der Waals surface area contributed by atoms with E-state index in [1.165, 1.54) is 18.1 Å². The highest BCUT2D eigenvalue weighted by molar-refractivity contribution is 5.92. The number of rotatable bonds is 4. The number of aromatic amines is 1. The molecule has 0 bridgehead atoms. The van der Waals surface area contributed by atoms with E-state index in [0.29, 0.717) is 25.3 Å². The number of hydrogen-bond acceptors (Lipinski definition) is 5. The molecule has 2 atom stereocenters. The van der Waals surface area contributed by atoms with Crippen LogP contribution >= 0.6 is 0 Å². The smallest absolute Gasteiger partial charge is 0.269 e. The second kappa shape index (κ2) is 6.25. The van der Waals surface area contributed by atoms with Gasteiger partial charge in [0.15, 0.2) is 0 Å². The molecule has 22 heavy (non-hydrogen) atoms. The van der Waals surface area contributed by atoms with Gasteiger partial charge in [-0.05, 0) is 24.1 Å². The summed E-state index contributed by atoms with van der Waals surface area (Å²) in [5.74, 6) is -0.249. The van der Waals surface area contributed by atoms with Crippen molar-refractivity contribution in [3.63, 3.8) is 0 Å². The average Bonchev–Trinajstić information content (AvgIpc) is 3.12. The molecule has 1 saturated heterocycles. The van der Waals surface area contributed by atoms with Gasteiger partial charge >= 0.3 is 0 Å². The highest BCUT2D eigenvalue weighted by Crippen LogP contribution is 2.16. The van der Waals surface area contributed by atoms with Crippen LogP contribution in [0, 0.1) is 6.92 Å². The number of nitrogens with one attached hydrogen (secondary N) is 2. The van der Waals surface area contributed by atoms with Gasteiger partial charge in [-0.3, -0.25) is 14.7 Å². The third-order valence-corrected chi connectivity index (χ3v) is 3.97. The highest BCUT2D eigenvalue weighted by atomic mass is 16.3. The van der Waals surface area contributed by atoms with Gasteiger partial charge in [0.1, 0.15) is 5.69 Å². The molecule has 1 aliphatic rings. The van der Waals surface area contributed by atoms with E-state index in [-0.39, 0.29) is 11.9 Å². The predicted octanol–water partition coefficient (Wildman–Crippen LogP) is 0.0882. The summed E-state index contributed by atoms with van der Waals surface area (Å²) in [6.45, 7) is 3.89. The Kier molecular flexibility index (Phi) is 4.17. The van der Waals surface area contributed by atoms with Crippen molar-refractivity contribution in [3.05, 3.63) is 47.8 Å². The number of β-amino-alcohol motifs (C(OH)–C–C–N with tert-alkyl or cyclic N) is 1. The molecule has 0 spiro atoms. The van der Waals surface area contributed by atoms with Crippen molar-refractivity contribution in [3.8, 4) is 0 Å². The highest BCUT2D eigenvalue weighted by Gasteiger charge is 2.32. The summed E-state index contributed by atoms with van der Waals surface area (Å²) in [4.78, 5) is 24.8. The van der Waals surface area contributed by atoms with E-state index in [1.807, 2.05) is 19.2 Å². The molecule has 0 aromatic carbocycles. The van der Waals surface area contributed by atoms with Crippen molar-refractivity contribution in [2.45, 2.75) is 25.6 Å². The van der Waals surface area contributed by atoms with Crippen LogP contribution in [-0.4, -0.2) is 56.1 Å². The largest absolute Gasteiger partial charge is 0.390 e. The summed E-state index contributed by atoms with van der Waals surface area (Å²) in [5.41, 5.74) is 2.71. The van der Waals surface area contributed by atoms with Gasteiger partial charge in [0, 0.05) is 32.0 Å². The van der Waals surface area contributed by atoms with Crippen molar-refractivity contribution < 1.29 is 9.90 Å². The molecule has 0 radical (unpaired) electrons. The van der Waals surface area contributed by atoms with Gasteiger partial charge in [0.2, 0.25) is 0 Å². The maximum absolute atomic E-state index is 12.0. The quantitative estimate of drug-likeness (QED) is 0.744. The van der Waals surface area contributed by atoms with Crippen LogP contribution in [0.1, 0.15) is 21.6 Å². The van der Waals surface area contributed by atoms with Crippen molar-refractivity contribution in [2.24, 2.45) is 0 Å². The molecule has 0 saturated carbocycles. The number of nitrogens with zero attached hydrogens (tertiary/aromatic N) is 3. The van der Waals surface area contributed by atoms with E-state index in [9.17, 15) is 9.90 Å². The molecule has 1 amide bonds. The van der Waals surface area contributed by atoms with E-state index in [0.717, 1.165) is 5.56 Å². The molecule has 0 unspecified atom stereocenters. The molecule has 7 nitrogen and oxygen atoms in total. The number of aryl methyl sites for hydroxylation is 1. The molecule has 2 aromatic heterocycles. The van der Waals surface area contributed by atoms with E-state index < -0.39 is 6.10 Å². The monoisotopic (exact) mass is 301 g/mol. The Morgan fingerprint density at radius 2 is 2.32 bits per heavy atom. The Balaban J connectivity index is 1.60. The number of amides is 1. The maximum atomic E-state index is 12.0. The van der Waals surface area contributed by atoms with Gasteiger partial charge in [-0.25, -0.2) is 4.98 Å². The molecule has 2 aromatic rings. The van der Waals surface area contributed by atoms with Crippen LogP contribution in [0.2, 0.25) is 0 Å². The van der Waals surface area contributed by atoms with Crippen LogP contribution in [0.3, 0.4) is 0 Å². The van der Waals surface area contributed by atoms with Crippen LogP contribution in [0.25, 0.3) is 0 Å². The summed E-state index contributed by atoms with van der Waals surface area (Å²) < 4.78 is 0. The van der Waals surface area contributed by atoms with Crippen molar-refractivity contribution in [1.82, 2.24) is 25.2 Å². The second-order valence-electron chi connectivity index (χ2n) is 5.61. The van der Waals surface area contributed by atoms with Gasteiger partial charge < -0.3 is 15.4 Å². The zero-order valence-corrected chi connectivity index (χ0v) is 12.4. The fourth-order valence-electron chi connectivity index (χ4n) is 2.67. The van der Waals surface area contributed by atoms with Crippen LogP contribution in [-0.2, 0) is 6.54 Å². The fraction of sp³-hybridized carbons (Fsp3) is 0.400. The van der Waals surface area contributed by atoms with Gasteiger partial charge in [0.25, 0.3) is 5.91 Å². The van der Waals surface area contributed by atoms with Crippen molar-refractivity contribution >= 4 is 5.91 Å². The Bertz CT molecular complexity index is 643. The molecule has 3 heterocycles. The Morgan fingerprint density at radius 1 is 1.45 bits per heavy atom. The summed E-state index contributed by atoms with van der Waals surface area (Å²) in [5, 5.41) is 13.0. The summed E-state index contributed by atoms with van der Waals surface area (Å²) in [6, 6.07) is 1.69.